The first-order valence-electron chi connectivity index (χ1n) is 5.89. The number of nitrogens with zero attached hydrogens (tertiary/aromatic N) is 2. The van der Waals surface area contributed by atoms with Crippen LogP contribution in [0.4, 0.5) is 5.69 Å². The van der Waals surface area contributed by atoms with Crippen molar-refractivity contribution in [3.63, 3.8) is 0 Å². The zero-order chi connectivity index (χ0) is 15.4. The van der Waals surface area contributed by atoms with Crippen molar-refractivity contribution in [2.24, 2.45) is 5.73 Å². The van der Waals surface area contributed by atoms with Crippen LogP contribution in [0.15, 0.2) is 40.9 Å². The van der Waals surface area contributed by atoms with Crippen LogP contribution < -0.4 is 10.5 Å². The Morgan fingerprint density at radius 2 is 2.10 bits per heavy atom. The number of nitriles is 1. The van der Waals surface area contributed by atoms with Gasteiger partial charge in [0.25, 0.3) is 5.69 Å². The van der Waals surface area contributed by atoms with Crippen LogP contribution in [-0.2, 0) is 6.54 Å². The zero-order valence-corrected chi connectivity index (χ0v) is 12.3. The number of halogens is 1. The summed E-state index contributed by atoms with van der Waals surface area (Å²) in [5, 5.41) is 20.0. The molecule has 0 bridgehead atoms. The second-order valence-electron chi connectivity index (χ2n) is 4.15. The van der Waals surface area contributed by atoms with Crippen LogP contribution in [0.2, 0.25) is 0 Å². The minimum atomic E-state index is -0.514. The quantitative estimate of drug-likeness (QED) is 0.673. The largest absolute Gasteiger partial charge is 0.456 e. The van der Waals surface area contributed by atoms with Gasteiger partial charge in [-0.2, -0.15) is 5.26 Å². The van der Waals surface area contributed by atoms with Gasteiger partial charge in [0, 0.05) is 17.1 Å². The molecule has 21 heavy (non-hydrogen) atoms. The monoisotopic (exact) mass is 347 g/mol. The summed E-state index contributed by atoms with van der Waals surface area (Å²) in [6, 6.07) is 11.3. The third kappa shape index (κ3) is 3.56. The van der Waals surface area contributed by atoms with Crippen molar-refractivity contribution in [3.8, 4) is 17.6 Å². The van der Waals surface area contributed by atoms with E-state index in [-0.39, 0.29) is 11.4 Å². The van der Waals surface area contributed by atoms with Crippen LogP contribution in [-0.4, -0.2) is 4.92 Å². The fraction of sp³-hybridized carbons (Fsp3) is 0.0714. The summed E-state index contributed by atoms with van der Waals surface area (Å²) in [4.78, 5) is 10.3. The van der Waals surface area contributed by atoms with Crippen molar-refractivity contribution in [1.82, 2.24) is 0 Å². The van der Waals surface area contributed by atoms with Crippen molar-refractivity contribution in [2.75, 3.05) is 0 Å². The standard InChI is InChI=1S/C14H10BrN3O3/c15-11-4-12(18(19)20)6-13(5-11)21-14-2-1-9(7-16)3-10(14)8-17/h1-6H,7,16H2. The first kappa shape index (κ1) is 15.0. The molecule has 0 fully saturated rings. The normalized spacial score (nSPS) is 9.95. The summed E-state index contributed by atoms with van der Waals surface area (Å²) in [6.07, 6.45) is 0. The average Bonchev–Trinajstić information content (AvgIpc) is 2.47. The SMILES string of the molecule is N#Cc1cc(CN)ccc1Oc1cc(Br)cc([N+](=O)[O-])c1. The number of nitro groups is 1. The molecular weight excluding hydrogens is 338 g/mol. The number of hydrogen-bond acceptors (Lipinski definition) is 5. The molecule has 2 aromatic carbocycles. The van der Waals surface area contributed by atoms with Gasteiger partial charge in [-0.1, -0.05) is 22.0 Å². The van der Waals surface area contributed by atoms with Crippen molar-refractivity contribution < 1.29 is 9.66 Å². The van der Waals surface area contributed by atoms with Crippen LogP contribution in [0.1, 0.15) is 11.1 Å². The van der Waals surface area contributed by atoms with E-state index in [9.17, 15) is 10.1 Å². The molecule has 0 radical (unpaired) electrons. The van der Waals surface area contributed by atoms with Gasteiger partial charge in [-0.3, -0.25) is 10.1 Å². The summed E-state index contributed by atoms with van der Waals surface area (Å²) >= 11 is 3.19. The highest BCUT2D eigenvalue weighted by atomic mass is 79.9. The van der Waals surface area contributed by atoms with Gasteiger partial charge in [-0.05, 0) is 23.8 Å². The van der Waals surface area contributed by atoms with Gasteiger partial charge in [0.2, 0.25) is 0 Å². The first-order valence-corrected chi connectivity index (χ1v) is 6.68. The molecule has 0 amide bonds. The van der Waals surface area contributed by atoms with E-state index in [1.54, 1.807) is 24.3 Å². The van der Waals surface area contributed by atoms with Gasteiger partial charge in [0.15, 0.2) is 0 Å². The predicted octanol–water partition coefficient (Wildman–Crippen LogP) is 3.48. The second kappa shape index (κ2) is 6.35. The van der Waals surface area contributed by atoms with Crippen LogP contribution in [0, 0.1) is 21.4 Å². The summed E-state index contributed by atoms with van der Waals surface area (Å²) in [5.41, 5.74) is 6.54. The average molecular weight is 348 g/mol. The summed E-state index contributed by atoms with van der Waals surface area (Å²) in [5.74, 6) is 0.593. The lowest BCUT2D eigenvalue weighted by atomic mass is 10.1. The Hall–Kier alpha value is -2.43. The van der Waals surface area contributed by atoms with Gasteiger partial charge in [0.1, 0.15) is 17.6 Å². The molecule has 0 spiro atoms. The van der Waals surface area contributed by atoms with Gasteiger partial charge in [0.05, 0.1) is 16.6 Å². The van der Waals surface area contributed by atoms with Crippen molar-refractivity contribution >= 4 is 21.6 Å². The molecule has 0 aliphatic carbocycles. The van der Waals surface area contributed by atoms with Crippen LogP contribution in [0.25, 0.3) is 0 Å². The number of non-ortho nitro benzene ring substituents is 1. The lowest BCUT2D eigenvalue weighted by Gasteiger charge is -2.09. The number of rotatable bonds is 4. The Morgan fingerprint density at radius 3 is 2.71 bits per heavy atom. The van der Waals surface area contributed by atoms with E-state index in [2.05, 4.69) is 15.9 Å². The minimum Gasteiger partial charge on any atom is -0.456 e. The molecule has 6 nitrogen and oxygen atoms in total. The Morgan fingerprint density at radius 1 is 1.33 bits per heavy atom. The van der Waals surface area contributed by atoms with E-state index in [0.717, 1.165) is 5.56 Å². The summed E-state index contributed by atoms with van der Waals surface area (Å²) < 4.78 is 6.09. The Balaban J connectivity index is 2.38. The predicted molar refractivity (Wildman–Crippen MR) is 79.9 cm³/mol. The van der Waals surface area contributed by atoms with Crippen LogP contribution in [0.5, 0.6) is 11.5 Å². The highest BCUT2D eigenvalue weighted by molar-refractivity contribution is 9.10. The van der Waals surface area contributed by atoms with Crippen LogP contribution in [0.3, 0.4) is 0 Å². The first-order chi connectivity index (χ1) is 10.0. The Kier molecular flexibility index (Phi) is 4.52. The Bertz CT molecular complexity index is 741. The molecule has 106 valence electrons. The molecule has 2 aromatic rings. The maximum atomic E-state index is 10.8. The molecule has 0 aromatic heterocycles. The van der Waals surface area contributed by atoms with E-state index >= 15 is 0 Å². The molecule has 0 saturated carbocycles. The van der Waals surface area contributed by atoms with E-state index in [1.165, 1.54) is 12.1 Å². The maximum Gasteiger partial charge on any atom is 0.274 e. The van der Waals surface area contributed by atoms with E-state index in [1.807, 2.05) is 6.07 Å². The number of hydrogen-bond donors (Lipinski definition) is 1. The third-order valence-corrected chi connectivity index (χ3v) is 3.15. The molecule has 2 N–H and O–H groups in total. The van der Waals surface area contributed by atoms with E-state index < -0.39 is 4.92 Å². The van der Waals surface area contributed by atoms with Gasteiger partial charge in [-0.15, -0.1) is 0 Å². The maximum absolute atomic E-state index is 10.8. The number of nitrogens with two attached hydrogens (primary N) is 1. The molecule has 0 saturated heterocycles. The molecular formula is C14H10BrN3O3. The fourth-order valence-electron chi connectivity index (χ4n) is 1.72. The fourth-order valence-corrected chi connectivity index (χ4v) is 2.18. The van der Waals surface area contributed by atoms with Crippen molar-refractivity contribution in [1.29, 1.82) is 5.26 Å². The number of ether oxygens (including phenoxy) is 1. The molecule has 0 atom stereocenters. The van der Waals surface area contributed by atoms with Gasteiger partial charge < -0.3 is 10.5 Å². The summed E-state index contributed by atoms with van der Waals surface area (Å²) in [6.45, 7) is 0.317. The summed E-state index contributed by atoms with van der Waals surface area (Å²) in [7, 11) is 0. The van der Waals surface area contributed by atoms with Gasteiger partial charge >= 0.3 is 0 Å². The topological polar surface area (TPSA) is 102 Å². The smallest absolute Gasteiger partial charge is 0.274 e. The third-order valence-electron chi connectivity index (χ3n) is 2.69. The van der Waals surface area contributed by atoms with E-state index in [0.29, 0.717) is 22.3 Å². The molecule has 7 heteroatoms. The minimum absolute atomic E-state index is 0.100. The van der Waals surface area contributed by atoms with Gasteiger partial charge in [-0.25, -0.2) is 0 Å². The second-order valence-corrected chi connectivity index (χ2v) is 5.07. The number of benzene rings is 2. The highest BCUT2D eigenvalue weighted by Crippen LogP contribution is 2.31. The molecule has 0 unspecified atom stereocenters. The zero-order valence-electron chi connectivity index (χ0n) is 10.7. The molecule has 0 aliphatic rings. The molecule has 0 heterocycles. The lowest BCUT2D eigenvalue weighted by molar-refractivity contribution is -0.385. The lowest BCUT2D eigenvalue weighted by Crippen LogP contribution is -1.98. The van der Waals surface area contributed by atoms with Crippen LogP contribution >= 0.6 is 15.9 Å². The van der Waals surface area contributed by atoms with Crippen molar-refractivity contribution in [2.45, 2.75) is 6.54 Å². The molecule has 2 rings (SSSR count). The molecule has 0 aliphatic heterocycles. The Labute approximate surface area is 129 Å². The number of nitro benzene ring substituents is 1. The van der Waals surface area contributed by atoms with Crippen molar-refractivity contribution in [3.05, 3.63) is 62.1 Å². The van der Waals surface area contributed by atoms with E-state index in [4.69, 9.17) is 15.7 Å². The highest BCUT2D eigenvalue weighted by Gasteiger charge is 2.12.